The van der Waals surface area contributed by atoms with Crippen LogP contribution in [-0.2, 0) is 0 Å². The van der Waals surface area contributed by atoms with Crippen LogP contribution >= 0.6 is 11.8 Å². The van der Waals surface area contributed by atoms with E-state index < -0.39 is 6.10 Å². The van der Waals surface area contributed by atoms with Crippen molar-refractivity contribution in [3.63, 3.8) is 0 Å². The maximum Gasteiger partial charge on any atom is 0.120 e. The van der Waals surface area contributed by atoms with Gasteiger partial charge in [-0.2, -0.15) is 17.0 Å². The minimum atomic E-state index is -0.636. The highest BCUT2D eigenvalue weighted by Crippen LogP contribution is 2.13. The summed E-state index contributed by atoms with van der Waals surface area (Å²) in [4.78, 5) is 0. The predicted molar refractivity (Wildman–Crippen MR) is 71.7 cm³/mol. The molecule has 0 fully saturated rings. The highest BCUT2D eigenvalue weighted by atomic mass is 32.2. The second-order valence-corrected chi connectivity index (χ2v) is 4.90. The molecular formula is C13H17NO3S. The van der Waals surface area contributed by atoms with E-state index in [0.717, 1.165) is 12.2 Å². The molecule has 4 nitrogen and oxygen atoms in total. The maximum atomic E-state index is 9.12. The van der Waals surface area contributed by atoms with Gasteiger partial charge < -0.3 is 14.9 Å². The van der Waals surface area contributed by atoms with Crippen LogP contribution in [0.15, 0.2) is 24.3 Å². The fourth-order valence-corrected chi connectivity index (χ4v) is 2.14. The molecule has 1 rings (SSSR count). The first kappa shape index (κ1) is 14.8. The monoisotopic (exact) mass is 267 g/mol. The number of rotatable bonds is 8. The minimum absolute atomic E-state index is 0.190. The lowest BCUT2D eigenvalue weighted by Crippen LogP contribution is -2.15. The first-order chi connectivity index (χ1) is 8.76. The van der Waals surface area contributed by atoms with Gasteiger partial charge in [0.1, 0.15) is 5.75 Å². The van der Waals surface area contributed by atoms with Gasteiger partial charge in [0.15, 0.2) is 0 Å². The van der Waals surface area contributed by atoms with Crippen molar-refractivity contribution in [1.29, 1.82) is 5.26 Å². The molecule has 0 aliphatic rings. The molecule has 0 aliphatic carbocycles. The van der Waals surface area contributed by atoms with E-state index in [4.69, 9.17) is 20.2 Å². The standard InChI is InChI=1S/C13H17NO3S/c14-8-11-3-1-4-13(7-11)17-5-2-6-18-10-12(16)9-15/h1,3-4,7,12,15-16H,2,5-6,9-10H2. The number of hydrogen-bond donors (Lipinski definition) is 2. The Hall–Kier alpha value is -1.22. The van der Waals surface area contributed by atoms with Crippen LogP contribution in [0.3, 0.4) is 0 Å². The summed E-state index contributed by atoms with van der Waals surface area (Å²) in [5, 5.41) is 26.5. The topological polar surface area (TPSA) is 73.5 Å². The molecular weight excluding hydrogens is 250 g/mol. The number of hydrogen-bond acceptors (Lipinski definition) is 5. The molecule has 0 saturated heterocycles. The van der Waals surface area contributed by atoms with E-state index in [9.17, 15) is 0 Å². The van der Waals surface area contributed by atoms with E-state index in [1.807, 2.05) is 6.07 Å². The Bertz CT molecular complexity index is 392. The molecule has 1 aromatic rings. The van der Waals surface area contributed by atoms with Crippen LogP contribution in [0.4, 0.5) is 0 Å². The zero-order chi connectivity index (χ0) is 13.2. The number of nitrogens with zero attached hydrogens (tertiary/aromatic N) is 1. The second kappa shape index (κ2) is 8.81. The summed E-state index contributed by atoms with van der Waals surface area (Å²) in [6, 6.07) is 9.12. The number of ether oxygens (including phenoxy) is 1. The van der Waals surface area contributed by atoms with E-state index in [0.29, 0.717) is 23.7 Å². The van der Waals surface area contributed by atoms with E-state index in [1.165, 1.54) is 0 Å². The Morgan fingerprint density at radius 2 is 2.28 bits per heavy atom. The van der Waals surface area contributed by atoms with E-state index in [2.05, 4.69) is 6.07 Å². The third-order valence-corrected chi connectivity index (χ3v) is 3.38. The molecule has 0 spiro atoms. The molecule has 0 bridgehead atoms. The fraction of sp³-hybridized carbons (Fsp3) is 0.462. The van der Waals surface area contributed by atoms with Crippen molar-refractivity contribution in [1.82, 2.24) is 0 Å². The van der Waals surface area contributed by atoms with Crippen LogP contribution in [0.5, 0.6) is 5.75 Å². The molecule has 1 aromatic carbocycles. The largest absolute Gasteiger partial charge is 0.494 e. The Morgan fingerprint density at radius 1 is 1.44 bits per heavy atom. The molecule has 0 amide bonds. The average molecular weight is 267 g/mol. The first-order valence-corrected chi connectivity index (χ1v) is 6.91. The van der Waals surface area contributed by atoms with E-state index >= 15 is 0 Å². The summed E-state index contributed by atoms with van der Waals surface area (Å²) < 4.78 is 5.51. The van der Waals surface area contributed by atoms with Gasteiger partial charge in [0.2, 0.25) is 0 Å². The SMILES string of the molecule is N#Cc1cccc(OCCCSCC(O)CO)c1. The van der Waals surface area contributed by atoms with Gasteiger partial charge in [0.25, 0.3) is 0 Å². The Kier molecular flexibility index (Phi) is 7.26. The van der Waals surface area contributed by atoms with Crippen LogP contribution in [0, 0.1) is 11.3 Å². The maximum absolute atomic E-state index is 9.12. The lowest BCUT2D eigenvalue weighted by Gasteiger charge is -2.08. The number of benzene rings is 1. The zero-order valence-electron chi connectivity index (χ0n) is 10.1. The van der Waals surface area contributed by atoms with Crippen molar-refractivity contribution in [2.45, 2.75) is 12.5 Å². The number of aliphatic hydroxyl groups excluding tert-OH is 2. The lowest BCUT2D eigenvalue weighted by molar-refractivity contribution is 0.113. The van der Waals surface area contributed by atoms with Gasteiger partial charge in [-0.05, 0) is 30.4 Å². The summed E-state index contributed by atoms with van der Waals surface area (Å²) in [5.41, 5.74) is 0.591. The second-order valence-electron chi connectivity index (χ2n) is 3.75. The van der Waals surface area contributed by atoms with Gasteiger partial charge in [-0.3, -0.25) is 0 Å². The van der Waals surface area contributed by atoms with Crippen LogP contribution in [0.25, 0.3) is 0 Å². The Morgan fingerprint density at radius 3 is 3.00 bits per heavy atom. The quantitative estimate of drug-likeness (QED) is 0.697. The predicted octanol–water partition coefficient (Wildman–Crippen LogP) is 1.41. The average Bonchev–Trinajstić information content (AvgIpc) is 2.42. The van der Waals surface area contributed by atoms with Gasteiger partial charge in [-0.1, -0.05) is 6.07 Å². The van der Waals surface area contributed by atoms with Crippen LogP contribution in [0.1, 0.15) is 12.0 Å². The zero-order valence-corrected chi connectivity index (χ0v) is 10.9. The van der Waals surface area contributed by atoms with Crippen molar-refractivity contribution in [3.05, 3.63) is 29.8 Å². The van der Waals surface area contributed by atoms with Crippen molar-refractivity contribution in [3.8, 4) is 11.8 Å². The van der Waals surface area contributed by atoms with Gasteiger partial charge in [-0.15, -0.1) is 0 Å². The molecule has 0 heterocycles. The molecule has 98 valence electrons. The van der Waals surface area contributed by atoms with Gasteiger partial charge >= 0.3 is 0 Å². The van der Waals surface area contributed by atoms with Crippen molar-refractivity contribution < 1.29 is 14.9 Å². The minimum Gasteiger partial charge on any atom is -0.494 e. The Labute approximate surface area is 111 Å². The number of nitriles is 1. The molecule has 1 unspecified atom stereocenters. The van der Waals surface area contributed by atoms with Gasteiger partial charge in [-0.25, -0.2) is 0 Å². The number of thioether (sulfide) groups is 1. The third-order valence-electron chi connectivity index (χ3n) is 2.19. The highest BCUT2D eigenvalue weighted by Gasteiger charge is 2.01. The highest BCUT2D eigenvalue weighted by molar-refractivity contribution is 7.99. The van der Waals surface area contributed by atoms with Crippen LogP contribution in [-0.4, -0.2) is 41.0 Å². The summed E-state index contributed by atoms with van der Waals surface area (Å²) in [7, 11) is 0. The van der Waals surface area contributed by atoms with Crippen LogP contribution in [0.2, 0.25) is 0 Å². The fourth-order valence-electron chi connectivity index (χ4n) is 1.28. The van der Waals surface area contributed by atoms with E-state index in [1.54, 1.807) is 30.0 Å². The molecule has 2 N–H and O–H groups in total. The van der Waals surface area contributed by atoms with Crippen LogP contribution < -0.4 is 4.74 Å². The molecule has 5 heteroatoms. The molecule has 0 aliphatic heterocycles. The molecule has 18 heavy (non-hydrogen) atoms. The molecule has 1 atom stereocenters. The summed E-state index contributed by atoms with van der Waals surface area (Å²) >= 11 is 1.59. The first-order valence-electron chi connectivity index (χ1n) is 5.76. The van der Waals surface area contributed by atoms with Crippen molar-refractivity contribution in [2.24, 2.45) is 0 Å². The van der Waals surface area contributed by atoms with Gasteiger partial charge in [0.05, 0.1) is 31.0 Å². The normalized spacial score (nSPS) is 11.8. The Balaban J connectivity index is 2.12. The van der Waals surface area contributed by atoms with E-state index in [-0.39, 0.29) is 6.61 Å². The third kappa shape index (κ3) is 5.92. The summed E-state index contributed by atoms with van der Waals surface area (Å²) in [6.45, 7) is 0.390. The molecule has 0 saturated carbocycles. The summed E-state index contributed by atoms with van der Waals surface area (Å²) in [5.74, 6) is 2.12. The smallest absolute Gasteiger partial charge is 0.120 e. The molecule has 0 radical (unpaired) electrons. The number of aliphatic hydroxyl groups is 2. The summed E-state index contributed by atoms with van der Waals surface area (Å²) in [6.07, 6.45) is 0.225. The molecule has 0 aromatic heterocycles. The lowest BCUT2D eigenvalue weighted by atomic mass is 10.2. The van der Waals surface area contributed by atoms with Crippen molar-refractivity contribution in [2.75, 3.05) is 24.7 Å². The van der Waals surface area contributed by atoms with Gasteiger partial charge in [0, 0.05) is 5.75 Å². The van der Waals surface area contributed by atoms with Crippen molar-refractivity contribution >= 4 is 11.8 Å².